The molecule has 1 aromatic carbocycles. The molecule has 0 amide bonds. The molecule has 0 aliphatic heterocycles. The van der Waals surface area contributed by atoms with E-state index in [2.05, 4.69) is 22.5 Å². The van der Waals surface area contributed by atoms with E-state index in [4.69, 9.17) is 9.47 Å². The molecular weight excluding hydrogens is 244 g/mol. The fourth-order valence-electron chi connectivity index (χ4n) is 1.02. The third-order valence-corrected chi connectivity index (χ3v) is 2.49. The Balaban J connectivity index is 2.63. The number of hydrogen-bond donors (Lipinski definition) is 0. The van der Waals surface area contributed by atoms with Gasteiger partial charge in [0.25, 0.3) is 0 Å². The first-order chi connectivity index (χ1) is 6.77. The average molecular weight is 257 g/mol. The maximum atomic E-state index is 5.33. The molecule has 1 aromatic rings. The van der Waals surface area contributed by atoms with Crippen molar-refractivity contribution in [2.45, 2.75) is 6.61 Å². The summed E-state index contributed by atoms with van der Waals surface area (Å²) in [5.41, 5.74) is 1.10. The lowest BCUT2D eigenvalue weighted by molar-refractivity contribution is 0.148. The topological polar surface area (TPSA) is 18.5 Å². The minimum absolute atomic E-state index is 0.568. The molecule has 0 aliphatic carbocycles. The molecule has 76 valence electrons. The number of benzene rings is 1. The standard InChI is InChI=1S/C11H13BrO2/c1-3-6-14-8-9-4-5-10(13-2)7-11(9)12/h3-5,7H,1,6,8H2,2H3. The Labute approximate surface area is 92.7 Å². The van der Waals surface area contributed by atoms with Crippen LogP contribution in [0, 0.1) is 0 Å². The summed E-state index contributed by atoms with van der Waals surface area (Å²) in [6, 6.07) is 5.82. The smallest absolute Gasteiger partial charge is 0.120 e. The van der Waals surface area contributed by atoms with Crippen LogP contribution in [0.25, 0.3) is 0 Å². The van der Waals surface area contributed by atoms with Gasteiger partial charge in [0.2, 0.25) is 0 Å². The monoisotopic (exact) mass is 256 g/mol. The molecule has 0 unspecified atom stereocenters. The van der Waals surface area contributed by atoms with E-state index in [0.29, 0.717) is 13.2 Å². The second kappa shape index (κ2) is 5.83. The van der Waals surface area contributed by atoms with Crippen molar-refractivity contribution in [1.29, 1.82) is 0 Å². The second-order valence-corrected chi connectivity index (χ2v) is 3.62. The van der Waals surface area contributed by atoms with Gasteiger partial charge < -0.3 is 9.47 Å². The van der Waals surface area contributed by atoms with E-state index >= 15 is 0 Å². The van der Waals surface area contributed by atoms with Gasteiger partial charge >= 0.3 is 0 Å². The summed E-state index contributed by atoms with van der Waals surface area (Å²) in [5.74, 6) is 0.837. The predicted octanol–water partition coefficient (Wildman–Crippen LogP) is 3.16. The zero-order valence-corrected chi connectivity index (χ0v) is 9.71. The van der Waals surface area contributed by atoms with Crippen LogP contribution in [0.4, 0.5) is 0 Å². The van der Waals surface area contributed by atoms with Crippen LogP contribution in [-0.4, -0.2) is 13.7 Å². The highest BCUT2D eigenvalue weighted by atomic mass is 79.9. The Hall–Kier alpha value is -0.800. The molecule has 0 aromatic heterocycles. The number of hydrogen-bond acceptors (Lipinski definition) is 2. The van der Waals surface area contributed by atoms with Gasteiger partial charge in [0.05, 0.1) is 20.3 Å². The van der Waals surface area contributed by atoms with Crippen LogP contribution in [0.15, 0.2) is 35.3 Å². The van der Waals surface area contributed by atoms with E-state index in [1.165, 1.54) is 0 Å². The van der Waals surface area contributed by atoms with Gasteiger partial charge in [0.15, 0.2) is 0 Å². The molecule has 0 saturated carbocycles. The molecule has 0 spiro atoms. The second-order valence-electron chi connectivity index (χ2n) is 2.76. The predicted molar refractivity (Wildman–Crippen MR) is 60.5 cm³/mol. The maximum absolute atomic E-state index is 5.33. The Morgan fingerprint density at radius 2 is 2.29 bits per heavy atom. The Bertz CT molecular complexity index is 310. The molecule has 3 heteroatoms. The van der Waals surface area contributed by atoms with Crippen LogP contribution in [0.5, 0.6) is 5.75 Å². The van der Waals surface area contributed by atoms with E-state index in [1.54, 1.807) is 13.2 Å². The lowest BCUT2D eigenvalue weighted by atomic mass is 10.2. The minimum atomic E-state index is 0.568. The average Bonchev–Trinajstić information content (AvgIpc) is 2.20. The first-order valence-corrected chi connectivity index (χ1v) is 5.08. The van der Waals surface area contributed by atoms with Crippen LogP contribution in [-0.2, 0) is 11.3 Å². The molecule has 14 heavy (non-hydrogen) atoms. The fourth-order valence-corrected chi connectivity index (χ4v) is 1.50. The van der Waals surface area contributed by atoms with Crippen molar-refractivity contribution in [3.8, 4) is 5.75 Å². The highest BCUT2D eigenvalue weighted by Gasteiger charge is 2.01. The SMILES string of the molecule is C=CCOCc1ccc(OC)cc1Br. The normalized spacial score (nSPS) is 9.86. The molecule has 0 atom stereocenters. The summed E-state index contributed by atoms with van der Waals surface area (Å²) in [6.45, 7) is 4.73. The van der Waals surface area contributed by atoms with Gasteiger partial charge in [-0.25, -0.2) is 0 Å². The minimum Gasteiger partial charge on any atom is -0.497 e. The van der Waals surface area contributed by atoms with Crippen molar-refractivity contribution < 1.29 is 9.47 Å². The first kappa shape index (κ1) is 11.3. The number of halogens is 1. The van der Waals surface area contributed by atoms with Crippen molar-refractivity contribution in [3.05, 3.63) is 40.9 Å². The lowest BCUT2D eigenvalue weighted by Crippen LogP contribution is -1.94. The maximum Gasteiger partial charge on any atom is 0.120 e. The van der Waals surface area contributed by atoms with Gasteiger partial charge in [-0.2, -0.15) is 0 Å². The summed E-state index contributed by atoms with van der Waals surface area (Å²) < 4.78 is 11.4. The highest BCUT2D eigenvalue weighted by Crippen LogP contribution is 2.23. The van der Waals surface area contributed by atoms with Crippen LogP contribution < -0.4 is 4.74 Å². The van der Waals surface area contributed by atoms with E-state index in [1.807, 2.05) is 18.2 Å². The quantitative estimate of drug-likeness (QED) is 0.595. The highest BCUT2D eigenvalue weighted by molar-refractivity contribution is 9.10. The summed E-state index contributed by atoms with van der Waals surface area (Å²) in [6.07, 6.45) is 1.73. The number of ether oxygens (including phenoxy) is 2. The van der Waals surface area contributed by atoms with Crippen LogP contribution in [0.3, 0.4) is 0 Å². The van der Waals surface area contributed by atoms with Gasteiger partial charge in [-0.15, -0.1) is 6.58 Å². The van der Waals surface area contributed by atoms with Gasteiger partial charge in [0, 0.05) is 4.47 Å². The van der Waals surface area contributed by atoms with Gasteiger partial charge in [-0.05, 0) is 17.7 Å². The van der Waals surface area contributed by atoms with Crippen LogP contribution in [0.1, 0.15) is 5.56 Å². The first-order valence-electron chi connectivity index (χ1n) is 4.29. The van der Waals surface area contributed by atoms with Crippen molar-refractivity contribution in [1.82, 2.24) is 0 Å². The molecule has 1 rings (SSSR count). The molecule has 0 heterocycles. The van der Waals surface area contributed by atoms with Crippen molar-refractivity contribution in [2.75, 3.05) is 13.7 Å². The Morgan fingerprint density at radius 1 is 1.50 bits per heavy atom. The zero-order valence-electron chi connectivity index (χ0n) is 8.13. The Kier molecular flexibility index (Phi) is 4.70. The fraction of sp³-hybridized carbons (Fsp3) is 0.273. The van der Waals surface area contributed by atoms with Gasteiger partial charge in [0.1, 0.15) is 5.75 Å². The Morgan fingerprint density at radius 3 is 2.86 bits per heavy atom. The van der Waals surface area contributed by atoms with Crippen LogP contribution in [0.2, 0.25) is 0 Å². The van der Waals surface area contributed by atoms with Crippen LogP contribution >= 0.6 is 15.9 Å². The molecule has 0 bridgehead atoms. The van der Waals surface area contributed by atoms with Crippen molar-refractivity contribution in [2.24, 2.45) is 0 Å². The molecule has 0 N–H and O–H groups in total. The van der Waals surface area contributed by atoms with Gasteiger partial charge in [-0.3, -0.25) is 0 Å². The van der Waals surface area contributed by atoms with E-state index in [-0.39, 0.29) is 0 Å². The molecule has 0 fully saturated rings. The largest absolute Gasteiger partial charge is 0.497 e. The van der Waals surface area contributed by atoms with Crippen molar-refractivity contribution in [3.63, 3.8) is 0 Å². The molecule has 0 aliphatic rings. The zero-order chi connectivity index (χ0) is 10.4. The lowest BCUT2D eigenvalue weighted by Gasteiger charge is -2.06. The van der Waals surface area contributed by atoms with Crippen molar-refractivity contribution >= 4 is 15.9 Å². The summed E-state index contributed by atoms with van der Waals surface area (Å²) >= 11 is 3.45. The molecule has 0 saturated heterocycles. The number of methoxy groups -OCH3 is 1. The molecule has 0 radical (unpaired) electrons. The summed E-state index contributed by atoms with van der Waals surface area (Å²) in [5, 5.41) is 0. The van der Waals surface area contributed by atoms with Gasteiger partial charge in [-0.1, -0.05) is 28.1 Å². The third-order valence-electron chi connectivity index (χ3n) is 1.75. The van der Waals surface area contributed by atoms with E-state index in [9.17, 15) is 0 Å². The number of rotatable bonds is 5. The molecule has 2 nitrogen and oxygen atoms in total. The van der Waals surface area contributed by atoms with E-state index in [0.717, 1.165) is 15.8 Å². The summed E-state index contributed by atoms with van der Waals surface area (Å²) in [4.78, 5) is 0. The summed E-state index contributed by atoms with van der Waals surface area (Å²) in [7, 11) is 1.65. The molecular formula is C11H13BrO2. The third kappa shape index (κ3) is 3.16. The van der Waals surface area contributed by atoms with E-state index < -0.39 is 0 Å².